The number of piperazine rings is 1. The molecule has 22 heavy (non-hydrogen) atoms. The number of ether oxygens (including phenoxy) is 1. The maximum Gasteiger partial charge on any atom is 0.223 e. The van der Waals surface area contributed by atoms with E-state index in [1.54, 1.807) is 0 Å². The SMILES string of the molecule is O=C(CCN1CCC(CN2CCOCC2)C1)N1CCNCC1. The third-order valence-electron chi connectivity index (χ3n) is 5.10. The summed E-state index contributed by atoms with van der Waals surface area (Å²) in [5, 5.41) is 3.29. The lowest BCUT2D eigenvalue weighted by atomic mass is 10.1. The van der Waals surface area contributed by atoms with Gasteiger partial charge in [0.05, 0.1) is 13.2 Å². The van der Waals surface area contributed by atoms with E-state index in [4.69, 9.17) is 4.74 Å². The van der Waals surface area contributed by atoms with Gasteiger partial charge in [-0.1, -0.05) is 0 Å². The Kier molecular flexibility index (Phi) is 6.06. The zero-order valence-electron chi connectivity index (χ0n) is 13.6. The molecule has 1 unspecified atom stereocenters. The molecule has 1 atom stereocenters. The van der Waals surface area contributed by atoms with E-state index >= 15 is 0 Å². The maximum atomic E-state index is 12.2. The van der Waals surface area contributed by atoms with Crippen molar-refractivity contribution in [2.45, 2.75) is 12.8 Å². The quantitative estimate of drug-likeness (QED) is 0.739. The first-order valence-corrected chi connectivity index (χ1v) is 8.82. The van der Waals surface area contributed by atoms with Gasteiger partial charge in [-0.15, -0.1) is 0 Å². The molecule has 0 aromatic carbocycles. The summed E-state index contributed by atoms with van der Waals surface area (Å²) in [6.45, 7) is 12.0. The van der Waals surface area contributed by atoms with Gasteiger partial charge in [-0.25, -0.2) is 0 Å². The van der Waals surface area contributed by atoms with Crippen molar-refractivity contribution in [2.75, 3.05) is 78.7 Å². The minimum Gasteiger partial charge on any atom is -0.379 e. The van der Waals surface area contributed by atoms with Crippen LogP contribution >= 0.6 is 0 Å². The van der Waals surface area contributed by atoms with Crippen LogP contribution < -0.4 is 5.32 Å². The largest absolute Gasteiger partial charge is 0.379 e. The number of amides is 1. The van der Waals surface area contributed by atoms with Crippen LogP contribution in [0.3, 0.4) is 0 Å². The molecule has 3 heterocycles. The Balaban J connectivity index is 1.33. The predicted molar refractivity (Wildman–Crippen MR) is 85.9 cm³/mol. The number of likely N-dealkylation sites (tertiary alicyclic amines) is 1. The van der Waals surface area contributed by atoms with E-state index in [1.165, 1.54) is 13.0 Å². The van der Waals surface area contributed by atoms with Crippen molar-refractivity contribution < 1.29 is 9.53 Å². The summed E-state index contributed by atoms with van der Waals surface area (Å²) in [6, 6.07) is 0. The van der Waals surface area contributed by atoms with Crippen LogP contribution in [0.4, 0.5) is 0 Å². The van der Waals surface area contributed by atoms with Crippen LogP contribution in [0.2, 0.25) is 0 Å². The minimum atomic E-state index is 0.332. The fraction of sp³-hybridized carbons (Fsp3) is 0.938. The highest BCUT2D eigenvalue weighted by atomic mass is 16.5. The van der Waals surface area contributed by atoms with E-state index in [1.807, 2.05) is 4.90 Å². The van der Waals surface area contributed by atoms with Gasteiger partial charge >= 0.3 is 0 Å². The first-order valence-electron chi connectivity index (χ1n) is 8.82. The number of hydrogen-bond donors (Lipinski definition) is 1. The third kappa shape index (κ3) is 4.65. The van der Waals surface area contributed by atoms with Gasteiger partial charge in [-0.05, 0) is 18.9 Å². The lowest BCUT2D eigenvalue weighted by Gasteiger charge is -2.29. The molecule has 0 aliphatic carbocycles. The molecule has 3 aliphatic rings. The van der Waals surface area contributed by atoms with E-state index in [2.05, 4.69) is 15.1 Å². The minimum absolute atomic E-state index is 0.332. The summed E-state index contributed by atoms with van der Waals surface area (Å²) in [4.78, 5) is 19.2. The maximum absolute atomic E-state index is 12.2. The monoisotopic (exact) mass is 310 g/mol. The second kappa shape index (κ2) is 8.24. The van der Waals surface area contributed by atoms with Crippen LogP contribution in [0, 0.1) is 5.92 Å². The van der Waals surface area contributed by atoms with E-state index in [0.717, 1.165) is 78.0 Å². The van der Waals surface area contributed by atoms with Gasteiger partial charge in [-0.2, -0.15) is 0 Å². The lowest BCUT2D eigenvalue weighted by Crippen LogP contribution is -2.47. The lowest BCUT2D eigenvalue weighted by molar-refractivity contribution is -0.132. The molecular formula is C16H30N4O2. The fourth-order valence-electron chi connectivity index (χ4n) is 3.74. The van der Waals surface area contributed by atoms with Crippen LogP contribution in [-0.2, 0) is 9.53 Å². The molecular weight excluding hydrogens is 280 g/mol. The molecule has 3 aliphatic heterocycles. The molecule has 3 rings (SSSR count). The van der Waals surface area contributed by atoms with Crippen LogP contribution in [0.5, 0.6) is 0 Å². The molecule has 0 aromatic rings. The van der Waals surface area contributed by atoms with Crippen molar-refractivity contribution in [1.29, 1.82) is 0 Å². The molecule has 6 heteroatoms. The van der Waals surface area contributed by atoms with E-state index < -0.39 is 0 Å². The van der Waals surface area contributed by atoms with Crippen molar-refractivity contribution in [1.82, 2.24) is 20.0 Å². The fourth-order valence-corrected chi connectivity index (χ4v) is 3.74. The summed E-state index contributed by atoms with van der Waals surface area (Å²) < 4.78 is 5.41. The van der Waals surface area contributed by atoms with Crippen molar-refractivity contribution in [3.05, 3.63) is 0 Å². The normalized spacial score (nSPS) is 28.2. The van der Waals surface area contributed by atoms with Crippen molar-refractivity contribution in [2.24, 2.45) is 5.92 Å². The molecule has 1 amide bonds. The number of carbonyl (C=O) groups excluding carboxylic acids is 1. The Bertz CT molecular complexity index is 354. The number of hydrogen-bond acceptors (Lipinski definition) is 5. The van der Waals surface area contributed by atoms with E-state index in [9.17, 15) is 4.79 Å². The van der Waals surface area contributed by atoms with Gasteiger partial charge in [-0.3, -0.25) is 9.69 Å². The summed E-state index contributed by atoms with van der Waals surface area (Å²) in [7, 11) is 0. The van der Waals surface area contributed by atoms with Gasteiger partial charge in [0.1, 0.15) is 0 Å². The molecule has 3 fully saturated rings. The van der Waals surface area contributed by atoms with Crippen molar-refractivity contribution in [3.63, 3.8) is 0 Å². The van der Waals surface area contributed by atoms with E-state index in [0.29, 0.717) is 12.3 Å². The molecule has 0 spiro atoms. The summed E-state index contributed by atoms with van der Waals surface area (Å²) in [6.07, 6.45) is 1.96. The Morgan fingerprint density at radius 1 is 1.05 bits per heavy atom. The summed E-state index contributed by atoms with van der Waals surface area (Å²) >= 11 is 0. The molecule has 6 nitrogen and oxygen atoms in total. The Hall–Kier alpha value is -0.690. The molecule has 126 valence electrons. The highest BCUT2D eigenvalue weighted by Crippen LogP contribution is 2.18. The van der Waals surface area contributed by atoms with Gasteiger partial charge in [0.25, 0.3) is 0 Å². The molecule has 3 saturated heterocycles. The first kappa shape index (κ1) is 16.2. The average Bonchev–Trinajstić information content (AvgIpc) is 3.02. The van der Waals surface area contributed by atoms with Gasteiger partial charge < -0.3 is 19.9 Å². The van der Waals surface area contributed by atoms with Gasteiger partial charge in [0.15, 0.2) is 0 Å². The summed E-state index contributed by atoms with van der Waals surface area (Å²) in [5.74, 6) is 1.10. The second-order valence-corrected chi connectivity index (χ2v) is 6.75. The topological polar surface area (TPSA) is 48.1 Å². The average molecular weight is 310 g/mol. The smallest absolute Gasteiger partial charge is 0.223 e. The Morgan fingerprint density at radius 3 is 2.59 bits per heavy atom. The highest BCUT2D eigenvalue weighted by Gasteiger charge is 2.26. The van der Waals surface area contributed by atoms with Crippen LogP contribution in [-0.4, -0.2) is 99.3 Å². The van der Waals surface area contributed by atoms with Crippen LogP contribution in [0.25, 0.3) is 0 Å². The molecule has 0 aromatic heterocycles. The number of rotatable bonds is 5. The molecule has 1 N–H and O–H groups in total. The molecule has 0 radical (unpaired) electrons. The zero-order chi connectivity index (χ0) is 15.2. The van der Waals surface area contributed by atoms with Crippen molar-refractivity contribution in [3.8, 4) is 0 Å². The summed E-state index contributed by atoms with van der Waals surface area (Å²) in [5.41, 5.74) is 0. The Labute approximate surface area is 133 Å². The second-order valence-electron chi connectivity index (χ2n) is 6.75. The molecule has 0 saturated carbocycles. The first-order chi connectivity index (χ1) is 10.8. The van der Waals surface area contributed by atoms with Crippen molar-refractivity contribution >= 4 is 5.91 Å². The number of morpholine rings is 1. The highest BCUT2D eigenvalue weighted by molar-refractivity contribution is 5.76. The van der Waals surface area contributed by atoms with E-state index in [-0.39, 0.29) is 0 Å². The zero-order valence-corrected chi connectivity index (χ0v) is 13.6. The van der Waals surface area contributed by atoms with Gasteiger partial charge in [0.2, 0.25) is 5.91 Å². The number of nitrogens with zero attached hydrogens (tertiary/aromatic N) is 3. The van der Waals surface area contributed by atoms with Crippen LogP contribution in [0.15, 0.2) is 0 Å². The molecule has 0 bridgehead atoms. The third-order valence-corrected chi connectivity index (χ3v) is 5.10. The standard InChI is InChI=1S/C16H30N4O2/c21-16(20-7-3-17-4-8-20)2-6-18-5-1-15(13-18)14-19-9-11-22-12-10-19/h15,17H,1-14H2. The predicted octanol–water partition coefficient (Wildman–Crippen LogP) is -0.538. The Morgan fingerprint density at radius 2 is 1.82 bits per heavy atom. The van der Waals surface area contributed by atoms with Crippen LogP contribution in [0.1, 0.15) is 12.8 Å². The number of carbonyl (C=O) groups is 1. The number of nitrogens with one attached hydrogen (secondary N) is 1. The van der Waals surface area contributed by atoms with Gasteiger partial charge in [0, 0.05) is 65.3 Å².